The number of nitrogens with zero attached hydrogens (tertiary/aromatic N) is 1. The number of hydrogen-bond donors (Lipinski definition) is 1. The number of aromatic nitrogens is 1. The largest absolute Gasteiger partial charge is 0.380 e. The molecule has 0 aliphatic rings. The minimum absolute atomic E-state index is 0.455. The van der Waals surface area contributed by atoms with Crippen molar-refractivity contribution in [3.63, 3.8) is 0 Å². The molecule has 1 unspecified atom stereocenters. The van der Waals surface area contributed by atoms with E-state index in [1.165, 1.54) is 19.3 Å². The van der Waals surface area contributed by atoms with Crippen LogP contribution in [0.2, 0.25) is 5.02 Å². The molecule has 0 amide bonds. The van der Waals surface area contributed by atoms with Gasteiger partial charge >= 0.3 is 0 Å². The van der Waals surface area contributed by atoms with E-state index in [9.17, 15) is 0 Å². The van der Waals surface area contributed by atoms with Crippen LogP contribution in [0.1, 0.15) is 33.1 Å². The van der Waals surface area contributed by atoms with Crippen LogP contribution in [0.25, 0.3) is 0 Å². The molecule has 0 bridgehead atoms. The molecule has 2 nitrogen and oxygen atoms in total. The molecule has 0 spiro atoms. The lowest BCUT2D eigenvalue weighted by Gasteiger charge is -2.15. The monoisotopic (exact) mass is 212 g/mol. The molecule has 0 radical (unpaired) electrons. The minimum atomic E-state index is 0.455. The van der Waals surface area contributed by atoms with Crippen LogP contribution >= 0.6 is 11.6 Å². The van der Waals surface area contributed by atoms with Crippen molar-refractivity contribution < 1.29 is 0 Å². The summed E-state index contributed by atoms with van der Waals surface area (Å²) in [4.78, 5) is 4.03. The number of unbranched alkanes of at least 4 members (excludes halogenated alkanes) is 1. The highest BCUT2D eigenvalue weighted by atomic mass is 35.5. The Balaban J connectivity index is 2.47. The SMILES string of the molecule is CCCCC(C)Nc1cnccc1Cl. The molecule has 1 aromatic heterocycles. The molecule has 3 heteroatoms. The van der Waals surface area contributed by atoms with Gasteiger partial charge in [-0.1, -0.05) is 31.4 Å². The lowest BCUT2D eigenvalue weighted by molar-refractivity contribution is 0.645. The Kier molecular flexibility index (Phi) is 4.74. The molecule has 1 heterocycles. The van der Waals surface area contributed by atoms with Crippen LogP contribution in [-0.4, -0.2) is 11.0 Å². The molecular formula is C11H17ClN2. The third-order valence-corrected chi connectivity index (χ3v) is 2.49. The molecule has 1 rings (SSSR count). The summed E-state index contributed by atoms with van der Waals surface area (Å²) >= 11 is 6.00. The van der Waals surface area contributed by atoms with Gasteiger partial charge < -0.3 is 5.32 Å². The average Bonchev–Trinajstić information content (AvgIpc) is 2.18. The fourth-order valence-corrected chi connectivity index (χ4v) is 1.49. The highest BCUT2D eigenvalue weighted by molar-refractivity contribution is 6.33. The zero-order chi connectivity index (χ0) is 10.4. The van der Waals surface area contributed by atoms with Crippen molar-refractivity contribution in [2.45, 2.75) is 39.2 Å². The van der Waals surface area contributed by atoms with Crippen LogP contribution in [0, 0.1) is 0 Å². The maximum Gasteiger partial charge on any atom is 0.0718 e. The van der Waals surface area contributed by atoms with E-state index < -0.39 is 0 Å². The van der Waals surface area contributed by atoms with Crippen molar-refractivity contribution in [1.82, 2.24) is 4.98 Å². The Morgan fingerprint density at radius 1 is 1.57 bits per heavy atom. The fourth-order valence-electron chi connectivity index (χ4n) is 1.33. The second-order valence-electron chi connectivity index (χ2n) is 3.54. The lowest BCUT2D eigenvalue weighted by Crippen LogP contribution is -2.15. The minimum Gasteiger partial charge on any atom is -0.380 e. The molecule has 0 aliphatic heterocycles. The molecule has 0 aliphatic carbocycles. The predicted octanol–water partition coefficient (Wildman–Crippen LogP) is 3.73. The standard InChI is InChI=1S/C11H17ClN2/c1-3-4-5-9(2)14-11-8-13-7-6-10(11)12/h6-9,14H,3-5H2,1-2H3. The maximum atomic E-state index is 6.00. The highest BCUT2D eigenvalue weighted by Gasteiger charge is 2.03. The van der Waals surface area contributed by atoms with Crippen LogP contribution in [0.15, 0.2) is 18.5 Å². The molecule has 78 valence electrons. The zero-order valence-corrected chi connectivity index (χ0v) is 9.51. The number of rotatable bonds is 5. The Morgan fingerprint density at radius 2 is 2.36 bits per heavy atom. The van der Waals surface area contributed by atoms with Crippen molar-refractivity contribution in [1.29, 1.82) is 0 Å². The van der Waals surface area contributed by atoms with Gasteiger partial charge in [-0.15, -0.1) is 0 Å². The molecule has 1 N–H and O–H groups in total. The van der Waals surface area contributed by atoms with E-state index in [2.05, 4.69) is 24.1 Å². The number of hydrogen-bond acceptors (Lipinski definition) is 2. The van der Waals surface area contributed by atoms with Crippen LogP contribution in [0.5, 0.6) is 0 Å². The first-order valence-corrected chi connectivity index (χ1v) is 5.48. The van der Waals surface area contributed by atoms with E-state index in [0.29, 0.717) is 6.04 Å². The van der Waals surface area contributed by atoms with Gasteiger partial charge in [0.25, 0.3) is 0 Å². The third kappa shape index (κ3) is 3.54. The zero-order valence-electron chi connectivity index (χ0n) is 8.76. The molecule has 0 fully saturated rings. The summed E-state index contributed by atoms with van der Waals surface area (Å²) in [5, 5.41) is 4.09. The number of nitrogens with one attached hydrogen (secondary N) is 1. The summed E-state index contributed by atoms with van der Waals surface area (Å²) in [6, 6.07) is 2.26. The molecule has 0 saturated heterocycles. The number of pyridine rings is 1. The highest BCUT2D eigenvalue weighted by Crippen LogP contribution is 2.20. The Bertz CT molecular complexity index is 276. The topological polar surface area (TPSA) is 24.9 Å². The Hall–Kier alpha value is -0.760. The van der Waals surface area contributed by atoms with Gasteiger partial charge in [0.15, 0.2) is 0 Å². The summed E-state index contributed by atoms with van der Waals surface area (Å²) < 4.78 is 0. The summed E-state index contributed by atoms with van der Waals surface area (Å²) in [7, 11) is 0. The van der Waals surface area contributed by atoms with E-state index in [1.54, 1.807) is 18.5 Å². The van der Waals surface area contributed by atoms with E-state index in [4.69, 9.17) is 11.6 Å². The first-order chi connectivity index (χ1) is 6.74. The molecule has 1 aromatic rings. The van der Waals surface area contributed by atoms with Crippen molar-refractivity contribution in [3.05, 3.63) is 23.5 Å². The molecule has 14 heavy (non-hydrogen) atoms. The van der Waals surface area contributed by atoms with Gasteiger partial charge in [-0.25, -0.2) is 0 Å². The predicted molar refractivity (Wildman–Crippen MR) is 61.9 cm³/mol. The number of halogens is 1. The summed E-state index contributed by atoms with van der Waals surface area (Å²) in [6.07, 6.45) is 7.11. The average molecular weight is 213 g/mol. The normalized spacial score (nSPS) is 12.5. The second-order valence-corrected chi connectivity index (χ2v) is 3.95. The summed E-state index contributed by atoms with van der Waals surface area (Å²) in [5.74, 6) is 0. The van der Waals surface area contributed by atoms with Gasteiger partial charge in [-0.05, 0) is 19.4 Å². The molecule has 1 atom stereocenters. The summed E-state index contributed by atoms with van der Waals surface area (Å²) in [6.45, 7) is 4.36. The lowest BCUT2D eigenvalue weighted by atomic mass is 10.1. The van der Waals surface area contributed by atoms with Gasteiger partial charge in [-0.2, -0.15) is 0 Å². The smallest absolute Gasteiger partial charge is 0.0718 e. The molecule has 0 saturated carbocycles. The van der Waals surface area contributed by atoms with E-state index in [-0.39, 0.29) is 0 Å². The van der Waals surface area contributed by atoms with Gasteiger partial charge in [0, 0.05) is 12.2 Å². The van der Waals surface area contributed by atoms with E-state index in [0.717, 1.165) is 10.7 Å². The van der Waals surface area contributed by atoms with Crippen LogP contribution < -0.4 is 5.32 Å². The van der Waals surface area contributed by atoms with Crippen LogP contribution in [0.4, 0.5) is 5.69 Å². The van der Waals surface area contributed by atoms with Crippen LogP contribution in [0.3, 0.4) is 0 Å². The Morgan fingerprint density at radius 3 is 3.00 bits per heavy atom. The summed E-state index contributed by atoms with van der Waals surface area (Å²) in [5.41, 5.74) is 0.928. The van der Waals surface area contributed by atoms with Crippen LogP contribution in [-0.2, 0) is 0 Å². The first kappa shape index (κ1) is 11.3. The second kappa shape index (κ2) is 5.86. The number of anilines is 1. The fraction of sp³-hybridized carbons (Fsp3) is 0.545. The Labute approximate surface area is 90.7 Å². The van der Waals surface area contributed by atoms with E-state index >= 15 is 0 Å². The first-order valence-electron chi connectivity index (χ1n) is 5.10. The van der Waals surface area contributed by atoms with Crippen molar-refractivity contribution >= 4 is 17.3 Å². The van der Waals surface area contributed by atoms with Gasteiger partial charge in [0.2, 0.25) is 0 Å². The van der Waals surface area contributed by atoms with E-state index in [1.807, 2.05) is 0 Å². The quantitative estimate of drug-likeness (QED) is 0.805. The third-order valence-electron chi connectivity index (χ3n) is 2.16. The molecular weight excluding hydrogens is 196 g/mol. The van der Waals surface area contributed by atoms with Crippen molar-refractivity contribution in [3.8, 4) is 0 Å². The molecule has 0 aromatic carbocycles. The van der Waals surface area contributed by atoms with Gasteiger partial charge in [0.1, 0.15) is 0 Å². The van der Waals surface area contributed by atoms with Gasteiger partial charge in [-0.3, -0.25) is 4.98 Å². The van der Waals surface area contributed by atoms with Crippen molar-refractivity contribution in [2.24, 2.45) is 0 Å². The van der Waals surface area contributed by atoms with Crippen molar-refractivity contribution in [2.75, 3.05) is 5.32 Å². The maximum absolute atomic E-state index is 6.00. The van der Waals surface area contributed by atoms with Gasteiger partial charge in [0.05, 0.1) is 16.9 Å².